The minimum Gasteiger partial charge on any atom is -0.462 e. The van der Waals surface area contributed by atoms with Crippen LogP contribution in [0, 0.1) is 27.7 Å². The Kier molecular flexibility index (Phi) is 4.58. The highest BCUT2D eigenvalue weighted by Crippen LogP contribution is 2.36. The van der Waals surface area contributed by atoms with Crippen LogP contribution in [-0.4, -0.2) is 17.6 Å². The molecule has 0 amide bonds. The van der Waals surface area contributed by atoms with Gasteiger partial charge in [-0.1, -0.05) is 30.3 Å². The van der Waals surface area contributed by atoms with Gasteiger partial charge in [0, 0.05) is 10.9 Å². The molecule has 3 nitrogen and oxygen atoms in total. The summed E-state index contributed by atoms with van der Waals surface area (Å²) in [5, 5.41) is 0.975. The number of aromatic nitrogens is 1. The summed E-state index contributed by atoms with van der Waals surface area (Å²) >= 11 is 0. The maximum absolute atomic E-state index is 12.7. The van der Waals surface area contributed by atoms with Crippen LogP contribution in [0.5, 0.6) is 0 Å². The molecule has 0 aliphatic heterocycles. The molecule has 3 aromatic rings. The summed E-state index contributed by atoms with van der Waals surface area (Å²) in [6.07, 6.45) is 0. The van der Waals surface area contributed by atoms with Crippen LogP contribution in [0.2, 0.25) is 0 Å². The molecule has 0 fully saturated rings. The molecule has 0 spiro atoms. The number of fused-ring (bicyclic) bond motifs is 1. The Labute approximate surface area is 148 Å². The van der Waals surface area contributed by atoms with E-state index in [1.54, 1.807) is 0 Å². The number of nitrogens with zero attached hydrogens (tertiary/aromatic N) is 1. The summed E-state index contributed by atoms with van der Waals surface area (Å²) < 4.78 is 5.33. The second kappa shape index (κ2) is 6.67. The first-order chi connectivity index (χ1) is 11.9. The third-order valence-corrected chi connectivity index (χ3v) is 4.66. The minimum atomic E-state index is -0.314. The number of carbonyl (C=O) groups excluding carboxylic acids is 1. The molecule has 128 valence electrons. The minimum absolute atomic E-state index is 0.314. The van der Waals surface area contributed by atoms with E-state index < -0.39 is 0 Å². The van der Waals surface area contributed by atoms with Crippen LogP contribution in [0.25, 0.3) is 22.0 Å². The van der Waals surface area contributed by atoms with Crippen molar-refractivity contribution in [1.29, 1.82) is 0 Å². The Bertz CT molecular complexity index is 973. The van der Waals surface area contributed by atoms with Gasteiger partial charge in [0.05, 0.1) is 23.4 Å². The molecule has 0 bridgehead atoms. The maximum atomic E-state index is 12.7. The van der Waals surface area contributed by atoms with E-state index in [1.165, 1.54) is 11.1 Å². The van der Waals surface area contributed by atoms with Gasteiger partial charge in [-0.05, 0) is 62.9 Å². The molecule has 1 aromatic heterocycles. The summed E-state index contributed by atoms with van der Waals surface area (Å²) in [6, 6.07) is 12.3. The summed E-state index contributed by atoms with van der Waals surface area (Å²) in [5.74, 6) is -0.314. The molecule has 0 atom stereocenters. The van der Waals surface area contributed by atoms with Crippen molar-refractivity contribution in [2.45, 2.75) is 34.6 Å². The highest BCUT2D eigenvalue weighted by atomic mass is 16.5. The van der Waals surface area contributed by atoms with Crippen molar-refractivity contribution >= 4 is 16.9 Å². The predicted octanol–water partition coefficient (Wildman–Crippen LogP) is 5.31. The standard InChI is InChI=1S/C22H23NO2/c1-6-25-22(24)20-16(5)23-19-10-8-7-9-17(19)21(20)18-12-14(3)13(2)11-15(18)4/h7-12H,6H2,1-5H3. The zero-order chi connectivity index (χ0) is 18.1. The van der Waals surface area contributed by atoms with E-state index in [0.29, 0.717) is 17.9 Å². The molecule has 0 N–H and O–H groups in total. The second-order valence-corrected chi connectivity index (χ2v) is 6.44. The average Bonchev–Trinajstić information content (AvgIpc) is 2.57. The van der Waals surface area contributed by atoms with Gasteiger partial charge in [0.15, 0.2) is 0 Å². The first-order valence-electron chi connectivity index (χ1n) is 8.58. The molecule has 0 saturated carbocycles. The number of ether oxygens (including phenoxy) is 1. The number of hydrogen-bond donors (Lipinski definition) is 0. The Morgan fingerprint density at radius 3 is 2.40 bits per heavy atom. The van der Waals surface area contributed by atoms with Crippen molar-refractivity contribution in [3.63, 3.8) is 0 Å². The van der Waals surface area contributed by atoms with Crippen molar-refractivity contribution in [3.8, 4) is 11.1 Å². The second-order valence-electron chi connectivity index (χ2n) is 6.44. The molecular weight excluding hydrogens is 310 g/mol. The SMILES string of the molecule is CCOC(=O)c1c(C)nc2ccccc2c1-c1cc(C)c(C)cc1C. The van der Waals surface area contributed by atoms with Gasteiger partial charge in [-0.25, -0.2) is 4.79 Å². The van der Waals surface area contributed by atoms with Crippen LogP contribution in [0.3, 0.4) is 0 Å². The monoisotopic (exact) mass is 333 g/mol. The van der Waals surface area contributed by atoms with Gasteiger partial charge in [-0.3, -0.25) is 4.98 Å². The Balaban J connectivity index is 2.44. The van der Waals surface area contributed by atoms with E-state index in [4.69, 9.17) is 4.74 Å². The molecule has 3 heteroatoms. The summed E-state index contributed by atoms with van der Waals surface area (Å²) in [6.45, 7) is 10.3. The van der Waals surface area contributed by atoms with Crippen LogP contribution in [0.4, 0.5) is 0 Å². The molecule has 0 aliphatic rings. The molecule has 1 heterocycles. The fraction of sp³-hybridized carbons (Fsp3) is 0.273. The normalized spacial score (nSPS) is 10.9. The van der Waals surface area contributed by atoms with Gasteiger partial charge in [-0.2, -0.15) is 0 Å². The predicted molar refractivity (Wildman–Crippen MR) is 102 cm³/mol. The highest BCUT2D eigenvalue weighted by Gasteiger charge is 2.22. The van der Waals surface area contributed by atoms with E-state index in [1.807, 2.05) is 38.1 Å². The molecule has 0 radical (unpaired) electrons. The lowest BCUT2D eigenvalue weighted by atomic mass is 9.89. The van der Waals surface area contributed by atoms with Crippen molar-refractivity contribution in [1.82, 2.24) is 4.98 Å². The van der Waals surface area contributed by atoms with E-state index >= 15 is 0 Å². The van der Waals surface area contributed by atoms with E-state index in [9.17, 15) is 4.79 Å². The lowest BCUT2D eigenvalue weighted by Crippen LogP contribution is -2.11. The number of aryl methyl sites for hydroxylation is 4. The Morgan fingerprint density at radius 1 is 1.00 bits per heavy atom. The average molecular weight is 333 g/mol. The number of pyridine rings is 1. The van der Waals surface area contributed by atoms with E-state index in [2.05, 4.69) is 37.9 Å². The highest BCUT2D eigenvalue weighted by molar-refractivity contribution is 6.08. The lowest BCUT2D eigenvalue weighted by Gasteiger charge is -2.17. The van der Waals surface area contributed by atoms with Crippen molar-refractivity contribution in [3.05, 3.63) is 64.3 Å². The number of hydrogen-bond acceptors (Lipinski definition) is 3. The third kappa shape index (κ3) is 3.02. The van der Waals surface area contributed by atoms with Crippen LogP contribution >= 0.6 is 0 Å². The molecule has 3 rings (SSSR count). The molecule has 2 aromatic carbocycles. The summed E-state index contributed by atoms with van der Waals surface area (Å²) in [5.41, 5.74) is 7.72. The Hall–Kier alpha value is -2.68. The van der Waals surface area contributed by atoms with Crippen LogP contribution in [0.1, 0.15) is 39.7 Å². The molecule has 0 unspecified atom stereocenters. The van der Waals surface area contributed by atoms with Crippen molar-refractivity contribution in [2.24, 2.45) is 0 Å². The first-order valence-corrected chi connectivity index (χ1v) is 8.58. The zero-order valence-corrected chi connectivity index (χ0v) is 15.4. The quantitative estimate of drug-likeness (QED) is 0.610. The van der Waals surface area contributed by atoms with Crippen LogP contribution in [-0.2, 0) is 4.74 Å². The van der Waals surface area contributed by atoms with Gasteiger partial charge in [0.2, 0.25) is 0 Å². The van der Waals surface area contributed by atoms with Gasteiger partial charge in [0.1, 0.15) is 0 Å². The fourth-order valence-corrected chi connectivity index (χ4v) is 3.30. The van der Waals surface area contributed by atoms with Gasteiger partial charge < -0.3 is 4.74 Å². The number of esters is 1. The van der Waals surface area contributed by atoms with Crippen molar-refractivity contribution < 1.29 is 9.53 Å². The summed E-state index contributed by atoms with van der Waals surface area (Å²) in [7, 11) is 0. The van der Waals surface area contributed by atoms with Crippen LogP contribution < -0.4 is 0 Å². The molecular formula is C22H23NO2. The number of rotatable bonds is 3. The number of para-hydroxylation sites is 1. The molecule has 0 saturated heterocycles. The van der Waals surface area contributed by atoms with E-state index in [-0.39, 0.29) is 5.97 Å². The maximum Gasteiger partial charge on any atom is 0.340 e. The molecule has 25 heavy (non-hydrogen) atoms. The molecule has 0 aliphatic carbocycles. The van der Waals surface area contributed by atoms with Crippen LogP contribution in [0.15, 0.2) is 36.4 Å². The van der Waals surface area contributed by atoms with Gasteiger partial charge in [0.25, 0.3) is 0 Å². The number of benzene rings is 2. The zero-order valence-electron chi connectivity index (χ0n) is 15.4. The van der Waals surface area contributed by atoms with E-state index in [0.717, 1.165) is 27.6 Å². The summed E-state index contributed by atoms with van der Waals surface area (Å²) in [4.78, 5) is 17.3. The third-order valence-electron chi connectivity index (χ3n) is 4.66. The largest absolute Gasteiger partial charge is 0.462 e. The van der Waals surface area contributed by atoms with Gasteiger partial charge >= 0.3 is 5.97 Å². The lowest BCUT2D eigenvalue weighted by molar-refractivity contribution is 0.0526. The smallest absolute Gasteiger partial charge is 0.340 e. The van der Waals surface area contributed by atoms with Crippen molar-refractivity contribution in [2.75, 3.05) is 6.61 Å². The first kappa shape index (κ1) is 17.2. The van der Waals surface area contributed by atoms with Gasteiger partial charge in [-0.15, -0.1) is 0 Å². The number of carbonyl (C=O) groups is 1. The fourth-order valence-electron chi connectivity index (χ4n) is 3.30. The topological polar surface area (TPSA) is 39.2 Å². The Morgan fingerprint density at radius 2 is 1.68 bits per heavy atom.